The number of allylic oxidation sites excluding steroid dienone is 4. The number of benzene rings is 1. The summed E-state index contributed by atoms with van der Waals surface area (Å²) in [5.41, 5.74) is -0.754. The van der Waals surface area contributed by atoms with E-state index in [-0.39, 0.29) is 39.5 Å². The predicted molar refractivity (Wildman–Crippen MR) is 128 cm³/mol. The first-order valence-electron chi connectivity index (χ1n) is 11.3. The summed E-state index contributed by atoms with van der Waals surface area (Å²) in [6.07, 6.45) is 3.01. The summed E-state index contributed by atoms with van der Waals surface area (Å²) >= 11 is 0. The van der Waals surface area contributed by atoms with E-state index in [2.05, 4.69) is 15.5 Å². The van der Waals surface area contributed by atoms with Gasteiger partial charge in [-0.2, -0.15) is 0 Å². The highest BCUT2D eigenvalue weighted by molar-refractivity contribution is 6.31. The molecule has 2 atom stereocenters. The number of carbonyl (C=O) groups is 3. The molecule has 5 rings (SSSR count). The highest BCUT2D eigenvalue weighted by Gasteiger charge is 2.56. The van der Waals surface area contributed by atoms with Crippen LogP contribution in [0.5, 0.6) is 17.2 Å². The third-order valence-electron chi connectivity index (χ3n) is 6.92. The summed E-state index contributed by atoms with van der Waals surface area (Å²) in [6, 6.07) is 5.10. The van der Waals surface area contributed by atoms with Crippen LogP contribution in [0.4, 0.5) is 0 Å². The van der Waals surface area contributed by atoms with E-state index in [0.29, 0.717) is 17.2 Å². The third kappa shape index (κ3) is 3.00. The number of aromatic nitrogens is 3. The number of nitrogens with one attached hydrogen (secondary N) is 1. The van der Waals surface area contributed by atoms with Gasteiger partial charge >= 0.3 is 0 Å². The number of ether oxygens (including phenoxy) is 1. The minimum absolute atomic E-state index is 0.0108. The Morgan fingerprint density at radius 1 is 1.17 bits per heavy atom. The Kier molecular flexibility index (Phi) is 5.03. The number of rotatable bonds is 4. The quantitative estimate of drug-likeness (QED) is 0.287. The van der Waals surface area contributed by atoms with Gasteiger partial charge in [-0.1, -0.05) is 6.07 Å². The molecule has 0 fully saturated rings. The summed E-state index contributed by atoms with van der Waals surface area (Å²) in [4.78, 5) is 39.4. The van der Waals surface area contributed by atoms with Crippen molar-refractivity contribution < 1.29 is 29.3 Å². The lowest BCUT2D eigenvalue weighted by Gasteiger charge is -2.29. The highest BCUT2D eigenvalue weighted by Crippen LogP contribution is 2.57. The van der Waals surface area contributed by atoms with Crippen molar-refractivity contribution in [1.82, 2.24) is 19.9 Å². The van der Waals surface area contributed by atoms with Crippen LogP contribution >= 0.6 is 0 Å². The molecule has 3 heterocycles. The van der Waals surface area contributed by atoms with Gasteiger partial charge in [0, 0.05) is 23.5 Å². The largest absolute Gasteiger partial charge is 0.507 e. The number of pyridine rings is 1. The van der Waals surface area contributed by atoms with E-state index >= 15 is 0 Å². The lowest BCUT2D eigenvalue weighted by molar-refractivity contribution is -0.123. The van der Waals surface area contributed by atoms with E-state index < -0.39 is 34.6 Å². The molecule has 1 aliphatic carbocycles. The van der Waals surface area contributed by atoms with Crippen molar-refractivity contribution in [3.63, 3.8) is 0 Å². The molecule has 2 aromatic heterocycles. The first-order valence-corrected chi connectivity index (χ1v) is 11.3. The molecule has 2 aliphatic rings. The number of hydrogen-bond acceptors (Lipinski definition) is 9. The number of fused-ring (bicyclic) bond motifs is 4. The van der Waals surface area contributed by atoms with Gasteiger partial charge in [0.15, 0.2) is 28.8 Å². The summed E-state index contributed by atoms with van der Waals surface area (Å²) < 4.78 is 7.60. The lowest BCUT2D eigenvalue weighted by atomic mass is 9.70. The number of phenolic OH excluding ortho intramolecular Hbond substituents is 2. The second-order valence-corrected chi connectivity index (χ2v) is 9.24. The molecule has 0 radical (unpaired) electrons. The third-order valence-corrected chi connectivity index (χ3v) is 6.92. The Hall–Kier alpha value is -4.47. The van der Waals surface area contributed by atoms with E-state index in [9.17, 15) is 24.6 Å². The van der Waals surface area contributed by atoms with Crippen molar-refractivity contribution in [2.45, 2.75) is 46.1 Å². The highest BCUT2D eigenvalue weighted by atomic mass is 16.5. The molecule has 1 aromatic carbocycles. The average Bonchev–Trinajstić information content (AvgIpc) is 3.37. The molecule has 0 amide bonds. The molecule has 10 heteroatoms. The van der Waals surface area contributed by atoms with Crippen molar-refractivity contribution in [2.75, 3.05) is 0 Å². The van der Waals surface area contributed by atoms with Crippen LogP contribution in [0, 0.1) is 6.92 Å². The number of aromatic hydroxyl groups is 2. The summed E-state index contributed by atoms with van der Waals surface area (Å²) in [7, 11) is 0. The fourth-order valence-electron chi connectivity index (χ4n) is 4.98. The van der Waals surface area contributed by atoms with Crippen molar-refractivity contribution in [1.29, 1.82) is 0 Å². The van der Waals surface area contributed by atoms with Gasteiger partial charge in [0.1, 0.15) is 34.0 Å². The van der Waals surface area contributed by atoms with Crippen LogP contribution in [0.2, 0.25) is 0 Å². The molecule has 184 valence electrons. The number of Topliss-reactive ketones (excluding diaryl/α,β-unsaturated/α-hetero) is 2. The normalized spacial score (nSPS) is 21.0. The maximum Gasteiger partial charge on any atom is 0.194 e. The Morgan fingerprint density at radius 3 is 2.58 bits per heavy atom. The van der Waals surface area contributed by atoms with Crippen molar-refractivity contribution in [2.24, 2.45) is 0 Å². The van der Waals surface area contributed by atoms with Crippen LogP contribution in [-0.4, -0.2) is 42.2 Å². The average molecular weight is 489 g/mol. The minimum Gasteiger partial charge on any atom is -0.507 e. The summed E-state index contributed by atoms with van der Waals surface area (Å²) in [5.74, 6) is -2.01. The van der Waals surface area contributed by atoms with E-state index in [1.54, 1.807) is 11.3 Å². The Bertz CT molecular complexity index is 1580. The molecule has 0 saturated carbocycles. The first kappa shape index (κ1) is 23.3. The van der Waals surface area contributed by atoms with E-state index in [0.717, 1.165) is 0 Å². The Labute approximate surface area is 205 Å². The van der Waals surface area contributed by atoms with Gasteiger partial charge < -0.3 is 20.3 Å². The van der Waals surface area contributed by atoms with Gasteiger partial charge in [-0.05, 0) is 46.8 Å². The number of carbonyl (C=O) groups excluding carboxylic acids is 3. The van der Waals surface area contributed by atoms with Crippen LogP contribution in [0.15, 0.2) is 47.5 Å². The first-order chi connectivity index (χ1) is 17.0. The Balaban J connectivity index is 1.61. The summed E-state index contributed by atoms with van der Waals surface area (Å²) in [5, 5.41) is 33.0. The monoisotopic (exact) mass is 488 g/mol. The molecular formula is C26H24N4O6. The number of ketones is 3. The van der Waals surface area contributed by atoms with Crippen LogP contribution in [-0.2, 0) is 15.0 Å². The molecule has 3 aromatic rings. The zero-order valence-corrected chi connectivity index (χ0v) is 20.3. The molecule has 0 unspecified atom stereocenters. The standard InChI is InChI=1S/C26H24N4O6/c1-11-21(33)19(14(4)31)23-20(22(11)34)26(5)16(36-23)10-15(32)18(24(26)35)12(2)27-13(3)25-29-28-17-8-6-7-9-30(17)25/h6-10,13,27,33-34H,1-5H3/t13-,26+/m1/s1. The van der Waals surface area contributed by atoms with Crippen LogP contribution in [0.3, 0.4) is 0 Å². The number of nitrogens with zero attached hydrogens (tertiary/aromatic N) is 3. The van der Waals surface area contributed by atoms with Gasteiger partial charge in [-0.25, -0.2) is 0 Å². The lowest BCUT2D eigenvalue weighted by Crippen LogP contribution is -2.41. The van der Waals surface area contributed by atoms with Gasteiger partial charge in [0.2, 0.25) is 0 Å². The fourth-order valence-corrected chi connectivity index (χ4v) is 4.98. The smallest absolute Gasteiger partial charge is 0.194 e. The molecule has 0 spiro atoms. The van der Waals surface area contributed by atoms with E-state index in [1.807, 2.05) is 31.3 Å². The number of phenols is 2. The zero-order chi connectivity index (χ0) is 26.1. The molecule has 0 saturated heterocycles. The van der Waals surface area contributed by atoms with Crippen LogP contribution in [0.1, 0.15) is 61.0 Å². The van der Waals surface area contributed by atoms with Gasteiger partial charge in [-0.15, -0.1) is 10.2 Å². The molecule has 3 N–H and O–H groups in total. The van der Waals surface area contributed by atoms with Crippen molar-refractivity contribution in [3.05, 3.63) is 70.0 Å². The van der Waals surface area contributed by atoms with Crippen LogP contribution in [0.25, 0.3) is 5.65 Å². The second-order valence-electron chi connectivity index (χ2n) is 9.24. The van der Waals surface area contributed by atoms with Gasteiger partial charge in [-0.3, -0.25) is 18.8 Å². The van der Waals surface area contributed by atoms with Gasteiger partial charge in [0.25, 0.3) is 0 Å². The fraction of sp³-hybridized carbons (Fsp3) is 0.269. The maximum atomic E-state index is 13.9. The molecule has 36 heavy (non-hydrogen) atoms. The zero-order valence-electron chi connectivity index (χ0n) is 20.3. The second kappa shape index (κ2) is 7.77. The molecule has 1 aliphatic heterocycles. The Morgan fingerprint density at radius 2 is 1.89 bits per heavy atom. The summed E-state index contributed by atoms with van der Waals surface area (Å²) in [6.45, 7) is 7.67. The van der Waals surface area contributed by atoms with Crippen molar-refractivity contribution >= 4 is 23.0 Å². The number of hydrogen-bond donors (Lipinski definition) is 3. The molecular weight excluding hydrogens is 464 g/mol. The molecule has 0 bridgehead atoms. The minimum atomic E-state index is -1.57. The van der Waals surface area contributed by atoms with E-state index in [4.69, 9.17) is 4.74 Å². The van der Waals surface area contributed by atoms with Crippen LogP contribution < -0.4 is 10.1 Å². The molecule has 10 nitrogen and oxygen atoms in total. The maximum absolute atomic E-state index is 13.9. The van der Waals surface area contributed by atoms with Gasteiger partial charge in [0.05, 0.1) is 17.2 Å². The topological polar surface area (TPSA) is 143 Å². The van der Waals surface area contributed by atoms with Crippen molar-refractivity contribution in [3.8, 4) is 17.2 Å². The predicted octanol–water partition coefficient (Wildman–Crippen LogP) is 2.96. The SMILES string of the molecule is CC(=O)c1c(O)c(C)c(O)c2c1OC1=CC(=O)C(=C(C)N[C@H](C)c3nnc4ccccn34)C(=O)[C@@]12C. The van der Waals surface area contributed by atoms with E-state index in [1.165, 1.54) is 26.8 Å².